The number of aryl methyl sites for hydroxylation is 1. The highest BCUT2D eigenvalue weighted by Crippen LogP contribution is 2.26. The summed E-state index contributed by atoms with van der Waals surface area (Å²) in [5.41, 5.74) is 0.614. The summed E-state index contributed by atoms with van der Waals surface area (Å²) in [7, 11) is -1.69. The zero-order valence-corrected chi connectivity index (χ0v) is 12.5. The number of hydrogen-bond donors (Lipinski definition) is 1. The Morgan fingerprint density at radius 3 is 2.85 bits per heavy atom. The summed E-state index contributed by atoms with van der Waals surface area (Å²) in [5.74, 6) is 0. The summed E-state index contributed by atoms with van der Waals surface area (Å²) in [4.78, 5) is 2.67. The van der Waals surface area contributed by atoms with Gasteiger partial charge in [0.15, 0.2) is 0 Å². The first-order chi connectivity index (χ1) is 9.52. The van der Waals surface area contributed by atoms with E-state index < -0.39 is 10.0 Å². The van der Waals surface area contributed by atoms with Gasteiger partial charge in [0.05, 0.1) is 6.61 Å². The van der Waals surface area contributed by atoms with Crippen LogP contribution in [0.15, 0.2) is 17.2 Å². The Hall–Kier alpha value is -0.890. The molecule has 1 aromatic heterocycles. The molecule has 2 aliphatic heterocycles. The number of fused-ring (bicyclic) bond motifs is 1. The molecule has 1 aromatic rings. The molecule has 3 heterocycles. The van der Waals surface area contributed by atoms with Gasteiger partial charge in [-0.05, 0) is 25.5 Å². The van der Waals surface area contributed by atoms with Crippen molar-refractivity contribution < 1.29 is 13.5 Å². The Morgan fingerprint density at radius 1 is 1.35 bits per heavy atom. The molecule has 3 rings (SSSR count). The van der Waals surface area contributed by atoms with Crippen molar-refractivity contribution in [1.29, 1.82) is 0 Å². The number of rotatable bonds is 3. The lowest BCUT2D eigenvalue weighted by Crippen LogP contribution is -2.51. The van der Waals surface area contributed by atoms with Gasteiger partial charge in [-0.3, -0.25) is 4.90 Å². The molecule has 1 N–H and O–H groups in total. The van der Waals surface area contributed by atoms with E-state index in [0.717, 1.165) is 19.5 Å². The highest BCUT2D eigenvalue weighted by molar-refractivity contribution is 7.89. The van der Waals surface area contributed by atoms with E-state index in [1.807, 2.05) is 0 Å². The average Bonchev–Trinajstić information content (AvgIpc) is 3.03. The zero-order chi connectivity index (χ0) is 14.3. The van der Waals surface area contributed by atoms with Gasteiger partial charge in [-0.15, -0.1) is 0 Å². The van der Waals surface area contributed by atoms with Crippen molar-refractivity contribution in [2.24, 2.45) is 7.05 Å². The van der Waals surface area contributed by atoms with E-state index in [1.165, 1.54) is 6.42 Å². The molecule has 1 unspecified atom stereocenters. The maximum absolute atomic E-state index is 12.7. The zero-order valence-electron chi connectivity index (χ0n) is 11.7. The van der Waals surface area contributed by atoms with Crippen LogP contribution in [0.3, 0.4) is 0 Å². The molecule has 2 saturated heterocycles. The Kier molecular flexibility index (Phi) is 3.62. The van der Waals surface area contributed by atoms with Crippen LogP contribution in [0.5, 0.6) is 0 Å². The van der Waals surface area contributed by atoms with E-state index in [4.69, 9.17) is 0 Å². The van der Waals surface area contributed by atoms with Gasteiger partial charge in [0.25, 0.3) is 0 Å². The third-order valence-electron chi connectivity index (χ3n) is 4.43. The molecule has 0 aliphatic carbocycles. The van der Waals surface area contributed by atoms with E-state index in [1.54, 1.807) is 28.2 Å². The van der Waals surface area contributed by atoms with Crippen molar-refractivity contribution >= 4 is 10.0 Å². The largest absolute Gasteiger partial charge is 0.390 e. The fourth-order valence-electron chi connectivity index (χ4n) is 3.21. The summed E-state index contributed by atoms with van der Waals surface area (Å²) in [6, 6.07) is 1.94. The molecule has 1 atom stereocenters. The molecule has 0 spiro atoms. The minimum atomic E-state index is -3.44. The number of aliphatic hydroxyl groups excluding tert-OH is 1. The maximum Gasteiger partial charge on any atom is 0.244 e. The topological polar surface area (TPSA) is 65.8 Å². The molecule has 20 heavy (non-hydrogen) atoms. The predicted octanol–water partition coefficient (Wildman–Crippen LogP) is -0.0139. The van der Waals surface area contributed by atoms with Crippen molar-refractivity contribution in [2.75, 3.05) is 26.2 Å². The van der Waals surface area contributed by atoms with Crippen molar-refractivity contribution in [2.45, 2.75) is 30.4 Å². The smallest absolute Gasteiger partial charge is 0.244 e. The summed E-state index contributed by atoms with van der Waals surface area (Å²) in [5, 5.41) is 9.20. The second kappa shape index (κ2) is 5.14. The fourth-order valence-corrected chi connectivity index (χ4v) is 4.77. The van der Waals surface area contributed by atoms with Gasteiger partial charge in [-0.2, -0.15) is 4.31 Å². The van der Waals surface area contributed by atoms with Crippen LogP contribution >= 0.6 is 0 Å². The van der Waals surface area contributed by atoms with Crippen LogP contribution in [0.4, 0.5) is 0 Å². The lowest BCUT2D eigenvalue weighted by atomic mass is 10.2. The van der Waals surface area contributed by atoms with Crippen molar-refractivity contribution in [3.8, 4) is 0 Å². The molecule has 112 valence electrons. The summed E-state index contributed by atoms with van der Waals surface area (Å²) in [6.45, 7) is 2.92. The average molecular weight is 299 g/mol. The number of aliphatic hydroxyl groups is 1. The number of hydrogen-bond acceptors (Lipinski definition) is 4. The molecule has 7 heteroatoms. The van der Waals surface area contributed by atoms with Crippen LogP contribution in [-0.2, 0) is 23.7 Å². The summed E-state index contributed by atoms with van der Waals surface area (Å²) >= 11 is 0. The summed E-state index contributed by atoms with van der Waals surface area (Å²) in [6.07, 6.45) is 3.84. The van der Waals surface area contributed by atoms with Gasteiger partial charge in [-0.1, -0.05) is 0 Å². The lowest BCUT2D eigenvalue weighted by Gasteiger charge is -2.36. The second-order valence-corrected chi connectivity index (χ2v) is 7.57. The van der Waals surface area contributed by atoms with Crippen LogP contribution in [-0.4, -0.2) is 59.5 Å². The van der Waals surface area contributed by atoms with E-state index in [0.29, 0.717) is 24.8 Å². The van der Waals surface area contributed by atoms with E-state index in [2.05, 4.69) is 4.90 Å². The van der Waals surface area contributed by atoms with Crippen molar-refractivity contribution in [1.82, 2.24) is 13.8 Å². The monoisotopic (exact) mass is 299 g/mol. The van der Waals surface area contributed by atoms with Crippen molar-refractivity contribution in [3.63, 3.8) is 0 Å². The third-order valence-corrected chi connectivity index (χ3v) is 6.26. The molecule has 0 aromatic carbocycles. The van der Waals surface area contributed by atoms with Gasteiger partial charge >= 0.3 is 0 Å². The highest BCUT2D eigenvalue weighted by Gasteiger charge is 2.36. The number of sulfonamides is 1. The predicted molar refractivity (Wildman–Crippen MR) is 74.7 cm³/mol. The van der Waals surface area contributed by atoms with Crippen LogP contribution in [0.1, 0.15) is 18.5 Å². The Morgan fingerprint density at radius 2 is 2.15 bits per heavy atom. The van der Waals surface area contributed by atoms with Crippen LogP contribution in [0, 0.1) is 0 Å². The van der Waals surface area contributed by atoms with E-state index >= 15 is 0 Å². The molecule has 2 aliphatic rings. The lowest BCUT2D eigenvalue weighted by molar-refractivity contribution is 0.158. The standard InChI is InChI=1S/C13H21N3O3S/c1-14-9-13(7-12(14)10-17)20(18,19)16-6-5-15-4-2-3-11(15)8-16/h7,9,11,17H,2-6,8,10H2,1H3. The SMILES string of the molecule is Cn1cc(S(=O)(=O)N2CCN3CCCC3C2)cc1CO. The number of aromatic nitrogens is 1. The first-order valence-electron chi connectivity index (χ1n) is 7.02. The highest BCUT2D eigenvalue weighted by atomic mass is 32.2. The molecule has 0 amide bonds. The van der Waals surface area contributed by atoms with Crippen LogP contribution < -0.4 is 0 Å². The Balaban J connectivity index is 1.84. The minimum Gasteiger partial charge on any atom is -0.390 e. The van der Waals surface area contributed by atoms with E-state index in [9.17, 15) is 13.5 Å². The third kappa shape index (κ3) is 2.28. The quantitative estimate of drug-likeness (QED) is 0.852. The van der Waals surface area contributed by atoms with Gasteiger partial charge < -0.3 is 9.67 Å². The first kappa shape index (κ1) is 14.1. The first-order valence-corrected chi connectivity index (χ1v) is 8.46. The normalized spacial score (nSPS) is 25.0. The Labute approximate surface area is 119 Å². The molecule has 0 radical (unpaired) electrons. The second-order valence-electron chi connectivity index (χ2n) is 5.63. The van der Waals surface area contributed by atoms with Gasteiger partial charge in [0, 0.05) is 44.6 Å². The van der Waals surface area contributed by atoms with Crippen LogP contribution in [0.2, 0.25) is 0 Å². The molecule has 0 bridgehead atoms. The van der Waals surface area contributed by atoms with Gasteiger partial charge in [-0.25, -0.2) is 8.42 Å². The summed E-state index contributed by atoms with van der Waals surface area (Å²) < 4.78 is 28.6. The van der Waals surface area contributed by atoms with Crippen molar-refractivity contribution in [3.05, 3.63) is 18.0 Å². The van der Waals surface area contributed by atoms with Crippen LogP contribution in [0.25, 0.3) is 0 Å². The van der Waals surface area contributed by atoms with E-state index in [-0.39, 0.29) is 11.5 Å². The molecule has 0 saturated carbocycles. The number of piperazine rings is 1. The number of nitrogens with zero attached hydrogens (tertiary/aromatic N) is 3. The van der Waals surface area contributed by atoms with Gasteiger partial charge in [0.2, 0.25) is 10.0 Å². The maximum atomic E-state index is 12.7. The molecule has 2 fully saturated rings. The minimum absolute atomic E-state index is 0.150. The fraction of sp³-hybridized carbons (Fsp3) is 0.692. The molecular formula is C13H21N3O3S. The van der Waals surface area contributed by atoms with Gasteiger partial charge in [0.1, 0.15) is 4.90 Å². The Bertz CT molecular complexity index is 596. The molecule has 6 nitrogen and oxygen atoms in total. The molecular weight excluding hydrogens is 278 g/mol.